The minimum atomic E-state index is -0.515. The molecule has 0 bridgehead atoms. The van der Waals surface area contributed by atoms with Crippen molar-refractivity contribution in [2.45, 2.75) is 12.6 Å². The Morgan fingerprint density at radius 2 is 2.00 bits per heavy atom. The second-order valence-corrected chi connectivity index (χ2v) is 5.76. The number of H-pyrrole nitrogens is 1. The molecule has 2 heterocycles. The van der Waals surface area contributed by atoms with Crippen molar-refractivity contribution in [2.75, 3.05) is 13.1 Å². The van der Waals surface area contributed by atoms with Crippen LogP contribution in [0.1, 0.15) is 16.1 Å². The number of rotatable bonds is 5. The molecule has 1 fully saturated rings. The average Bonchev–Trinajstić information content (AvgIpc) is 2.57. The summed E-state index contributed by atoms with van der Waals surface area (Å²) in [6.07, 6.45) is 1.37. The van der Waals surface area contributed by atoms with E-state index in [4.69, 9.17) is 10.5 Å². The first-order valence-corrected chi connectivity index (χ1v) is 7.77. The predicted molar refractivity (Wildman–Crippen MR) is 90.2 cm³/mol. The normalized spacial score (nSPS) is 13.8. The molecule has 2 aromatic rings. The Bertz CT molecular complexity index is 828. The summed E-state index contributed by atoms with van der Waals surface area (Å²) in [6, 6.07) is 9.96. The summed E-state index contributed by atoms with van der Waals surface area (Å²) < 4.78 is 5.48. The lowest BCUT2D eigenvalue weighted by atomic mass is 10.1. The third kappa shape index (κ3) is 3.97. The zero-order valence-electron chi connectivity index (χ0n) is 13.4. The molecule has 0 spiro atoms. The van der Waals surface area contributed by atoms with Crippen LogP contribution in [0.15, 0.2) is 47.4 Å². The first-order chi connectivity index (χ1) is 12.0. The molecule has 1 aromatic heterocycles. The van der Waals surface area contributed by atoms with Gasteiger partial charge in [0, 0.05) is 25.4 Å². The van der Waals surface area contributed by atoms with Gasteiger partial charge in [0.1, 0.15) is 12.3 Å². The zero-order valence-corrected chi connectivity index (χ0v) is 13.4. The predicted octanol–water partition coefficient (Wildman–Crippen LogP) is 0.447. The molecule has 4 N–H and O–H groups in total. The number of pyridine rings is 1. The van der Waals surface area contributed by atoms with Gasteiger partial charge in [-0.2, -0.15) is 0 Å². The third-order valence-electron chi connectivity index (χ3n) is 3.89. The molecular formula is C17H18N4O4. The Kier molecular flexibility index (Phi) is 4.69. The van der Waals surface area contributed by atoms with Crippen LogP contribution in [0.3, 0.4) is 0 Å². The van der Waals surface area contributed by atoms with Crippen LogP contribution in [0.5, 0.6) is 5.75 Å². The number of carbonyl (C=O) groups excluding carboxylic acids is 2. The number of nitrogens with one attached hydrogen (secondary N) is 2. The van der Waals surface area contributed by atoms with Crippen molar-refractivity contribution in [1.29, 1.82) is 0 Å². The molecule has 3 rings (SSSR count). The van der Waals surface area contributed by atoms with Gasteiger partial charge in [-0.3, -0.25) is 9.59 Å². The molecule has 8 heteroatoms. The van der Waals surface area contributed by atoms with Crippen LogP contribution in [-0.4, -0.2) is 41.0 Å². The van der Waals surface area contributed by atoms with E-state index in [2.05, 4.69) is 10.3 Å². The molecule has 1 aliphatic heterocycles. The Balaban J connectivity index is 1.57. The lowest BCUT2D eigenvalue weighted by Gasteiger charge is -2.38. The van der Waals surface area contributed by atoms with Gasteiger partial charge in [0.25, 0.3) is 5.91 Å². The van der Waals surface area contributed by atoms with Crippen molar-refractivity contribution < 1.29 is 14.3 Å². The largest absolute Gasteiger partial charge is 0.483 e. The Labute approximate surface area is 143 Å². The summed E-state index contributed by atoms with van der Waals surface area (Å²) in [4.78, 5) is 39.3. The highest BCUT2D eigenvalue weighted by molar-refractivity contribution is 5.92. The average molecular weight is 342 g/mol. The van der Waals surface area contributed by atoms with E-state index in [1.165, 1.54) is 17.2 Å². The number of aromatic nitrogens is 1. The van der Waals surface area contributed by atoms with Crippen LogP contribution in [0.25, 0.3) is 0 Å². The zero-order chi connectivity index (χ0) is 17.8. The van der Waals surface area contributed by atoms with Crippen LogP contribution in [-0.2, 0) is 6.61 Å². The Hall–Kier alpha value is -3.29. The standard InChI is InChI=1S/C17H18N4O4/c18-17(24)21-8-12(9-21)20-16(23)13-6-14(22)15(7-19-13)25-10-11-4-2-1-3-5-11/h1-7,12H,8-10H2,(H2,18,24)(H,19,22)(H,20,23). The number of urea groups is 1. The summed E-state index contributed by atoms with van der Waals surface area (Å²) in [5.41, 5.74) is 5.81. The maximum Gasteiger partial charge on any atom is 0.314 e. The number of likely N-dealkylation sites (tertiary alicyclic amines) is 1. The highest BCUT2D eigenvalue weighted by atomic mass is 16.5. The van der Waals surface area contributed by atoms with Gasteiger partial charge in [0.05, 0.1) is 6.04 Å². The maximum atomic E-state index is 12.1. The fourth-order valence-corrected chi connectivity index (χ4v) is 2.45. The summed E-state index contributed by atoms with van der Waals surface area (Å²) in [7, 11) is 0. The monoisotopic (exact) mass is 342 g/mol. The molecule has 1 saturated heterocycles. The highest BCUT2D eigenvalue weighted by Crippen LogP contribution is 2.09. The first kappa shape index (κ1) is 16.6. The van der Waals surface area contributed by atoms with Crippen LogP contribution in [0, 0.1) is 0 Å². The molecule has 130 valence electrons. The minimum absolute atomic E-state index is 0.134. The maximum absolute atomic E-state index is 12.1. The lowest BCUT2D eigenvalue weighted by Crippen LogP contribution is -2.62. The molecule has 1 aliphatic rings. The third-order valence-corrected chi connectivity index (χ3v) is 3.89. The van der Waals surface area contributed by atoms with E-state index < -0.39 is 11.9 Å². The van der Waals surface area contributed by atoms with Gasteiger partial charge in [0.15, 0.2) is 5.75 Å². The second kappa shape index (κ2) is 7.08. The van der Waals surface area contributed by atoms with E-state index in [-0.39, 0.29) is 29.5 Å². The highest BCUT2D eigenvalue weighted by Gasteiger charge is 2.30. The van der Waals surface area contributed by atoms with Gasteiger partial charge < -0.3 is 25.7 Å². The van der Waals surface area contributed by atoms with Gasteiger partial charge in [-0.25, -0.2) is 4.79 Å². The van der Waals surface area contributed by atoms with Crippen molar-refractivity contribution in [3.63, 3.8) is 0 Å². The van der Waals surface area contributed by atoms with E-state index >= 15 is 0 Å². The summed E-state index contributed by atoms with van der Waals surface area (Å²) >= 11 is 0. The van der Waals surface area contributed by atoms with Crippen LogP contribution < -0.4 is 21.2 Å². The van der Waals surface area contributed by atoms with Gasteiger partial charge in [0.2, 0.25) is 5.43 Å². The number of benzene rings is 1. The smallest absolute Gasteiger partial charge is 0.314 e. The van der Waals surface area contributed by atoms with Crippen molar-refractivity contribution in [3.8, 4) is 5.75 Å². The van der Waals surface area contributed by atoms with Crippen molar-refractivity contribution in [2.24, 2.45) is 5.73 Å². The Morgan fingerprint density at radius 1 is 1.28 bits per heavy atom. The lowest BCUT2D eigenvalue weighted by molar-refractivity contribution is 0.0856. The van der Waals surface area contributed by atoms with Crippen molar-refractivity contribution >= 4 is 11.9 Å². The number of primary amides is 1. The molecule has 0 aliphatic carbocycles. The van der Waals surface area contributed by atoms with Gasteiger partial charge in [-0.05, 0) is 5.56 Å². The minimum Gasteiger partial charge on any atom is -0.483 e. The number of aromatic amines is 1. The molecule has 0 unspecified atom stereocenters. The summed E-state index contributed by atoms with van der Waals surface area (Å²) in [5, 5.41) is 2.72. The Morgan fingerprint density at radius 3 is 2.64 bits per heavy atom. The number of hydrogen-bond donors (Lipinski definition) is 3. The molecular weight excluding hydrogens is 324 g/mol. The fourth-order valence-electron chi connectivity index (χ4n) is 2.45. The van der Waals surface area contributed by atoms with E-state index in [0.29, 0.717) is 13.1 Å². The van der Waals surface area contributed by atoms with Crippen LogP contribution in [0.4, 0.5) is 4.79 Å². The van der Waals surface area contributed by atoms with Crippen LogP contribution in [0.2, 0.25) is 0 Å². The van der Waals surface area contributed by atoms with E-state index in [1.807, 2.05) is 30.3 Å². The van der Waals surface area contributed by atoms with Gasteiger partial charge in [-0.1, -0.05) is 30.3 Å². The number of amides is 3. The first-order valence-electron chi connectivity index (χ1n) is 7.77. The molecule has 3 amide bonds. The number of hydrogen-bond acceptors (Lipinski definition) is 4. The topological polar surface area (TPSA) is 118 Å². The SMILES string of the molecule is NC(=O)N1CC(NC(=O)c2cc(=O)c(OCc3ccccc3)c[nH]2)C1. The summed E-state index contributed by atoms with van der Waals surface area (Å²) in [5.74, 6) is -0.273. The van der Waals surface area contributed by atoms with Crippen molar-refractivity contribution in [1.82, 2.24) is 15.2 Å². The quantitative estimate of drug-likeness (QED) is 0.731. The number of carbonyl (C=O) groups is 2. The number of nitrogens with two attached hydrogens (primary N) is 1. The van der Waals surface area contributed by atoms with Crippen molar-refractivity contribution in [3.05, 3.63) is 64.1 Å². The molecule has 0 radical (unpaired) electrons. The number of nitrogens with zero attached hydrogens (tertiary/aromatic N) is 1. The van der Waals surface area contributed by atoms with E-state index in [1.54, 1.807) is 0 Å². The second-order valence-electron chi connectivity index (χ2n) is 5.76. The molecule has 0 saturated carbocycles. The molecule has 1 aromatic carbocycles. The summed E-state index contributed by atoms with van der Waals surface area (Å²) in [6.45, 7) is 0.994. The fraction of sp³-hybridized carbons (Fsp3) is 0.235. The van der Waals surface area contributed by atoms with E-state index in [9.17, 15) is 14.4 Å². The molecule has 8 nitrogen and oxygen atoms in total. The number of ether oxygens (including phenoxy) is 1. The van der Waals surface area contributed by atoms with Gasteiger partial charge >= 0.3 is 6.03 Å². The van der Waals surface area contributed by atoms with Crippen LogP contribution >= 0.6 is 0 Å². The molecule has 25 heavy (non-hydrogen) atoms. The van der Waals surface area contributed by atoms with E-state index in [0.717, 1.165) is 5.56 Å². The van der Waals surface area contributed by atoms with Gasteiger partial charge in [-0.15, -0.1) is 0 Å². The molecule has 0 atom stereocenters.